The minimum atomic E-state index is -0.498. The van der Waals surface area contributed by atoms with E-state index in [0.717, 1.165) is 0 Å². The van der Waals surface area contributed by atoms with Crippen LogP contribution in [-0.4, -0.2) is 21.0 Å². The lowest BCUT2D eigenvalue weighted by molar-refractivity contribution is -0.383. The van der Waals surface area contributed by atoms with Gasteiger partial charge in [-0.05, 0) is 6.07 Å². The van der Waals surface area contributed by atoms with Crippen molar-refractivity contribution in [3.05, 3.63) is 51.0 Å². The van der Waals surface area contributed by atoms with E-state index in [1.807, 2.05) is 10.8 Å². The van der Waals surface area contributed by atoms with E-state index in [0.29, 0.717) is 18.8 Å². The molecular formula is C11H10Cl2N4O2. The number of hydrogen-bond acceptors (Lipinski definition) is 4. The van der Waals surface area contributed by atoms with Crippen molar-refractivity contribution in [1.82, 2.24) is 9.55 Å². The summed E-state index contributed by atoms with van der Waals surface area (Å²) >= 11 is 11.6. The Bertz CT molecular complexity index is 587. The third-order valence-electron chi connectivity index (χ3n) is 2.48. The molecule has 1 heterocycles. The van der Waals surface area contributed by atoms with Crippen LogP contribution in [0, 0.1) is 10.1 Å². The predicted molar refractivity (Wildman–Crippen MR) is 73.8 cm³/mol. The summed E-state index contributed by atoms with van der Waals surface area (Å²) in [5.41, 5.74) is 0.250. The van der Waals surface area contributed by atoms with Crippen LogP contribution in [0.4, 0.5) is 11.4 Å². The van der Waals surface area contributed by atoms with Crippen LogP contribution in [0.5, 0.6) is 0 Å². The van der Waals surface area contributed by atoms with Crippen molar-refractivity contribution >= 4 is 34.6 Å². The fraction of sp³-hybridized carbons (Fsp3) is 0.182. The zero-order valence-electron chi connectivity index (χ0n) is 9.72. The normalized spacial score (nSPS) is 10.4. The topological polar surface area (TPSA) is 73.0 Å². The van der Waals surface area contributed by atoms with Crippen molar-refractivity contribution in [2.45, 2.75) is 6.54 Å². The Hall–Kier alpha value is -1.79. The summed E-state index contributed by atoms with van der Waals surface area (Å²) in [6, 6.07) is 2.69. The Morgan fingerprint density at radius 1 is 1.37 bits per heavy atom. The zero-order valence-corrected chi connectivity index (χ0v) is 11.2. The van der Waals surface area contributed by atoms with Crippen LogP contribution in [0.3, 0.4) is 0 Å². The minimum Gasteiger partial charge on any atom is -0.378 e. The Kier molecular flexibility index (Phi) is 4.24. The highest BCUT2D eigenvalue weighted by Gasteiger charge is 2.16. The highest BCUT2D eigenvalue weighted by Crippen LogP contribution is 2.33. The van der Waals surface area contributed by atoms with Crippen molar-refractivity contribution in [2.75, 3.05) is 11.9 Å². The quantitative estimate of drug-likeness (QED) is 0.680. The van der Waals surface area contributed by atoms with Gasteiger partial charge in [0, 0.05) is 31.5 Å². The second-order valence-electron chi connectivity index (χ2n) is 3.77. The van der Waals surface area contributed by atoms with Crippen LogP contribution in [0.1, 0.15) is 0 Å². The molecule has 0 fully saturated rings. The molecule has 0 bridgehead atoms. The molecule has 0 aliphatic carbocycles. The van der Waals surface area contributed by atoms with Crippen molar-refractivity contribution in [1.29, 1.82) is 0 Å². The smallest absolute Gasteiger partial charge is 0.293 e. The van der Waals surface area contributed by atoms with Gasteiger partial charge in [0.25, 0.3) is 5.69 Å². The van der Waals surface area contributed by atoms with Crippen LogP contribution in [0.2, 0.25) is 10.0 Å². The van der Waals surface area contributed by atoms with Gasteiger partial charge in [0.15, 0.2) is 0 Å². The molecule has 0 aliphatic rings. The fourth-order valence-corrected chi connectivity index (χ4v) is 1.89. The lowest BCUT2D eigenvalue weighted by Gasteiger charge is -2.08. The van der Waals surface area contributed by atoms with Crippen LogP contribution in [-0.2, 0) is 6.54 Å². The van der Waals surface area contributed by atoms with Gasteiger partial charge in [-0.25, -0.2) is 4.98 Å². The highest BCUT2D eigenvalue weighted by molar-refractivity contribution is 6.42. The number of anilines is 1. The summed E-state index contributed by atoms with van der Waals surface area (Å²) in [6.07, 6.45) is 5.15. The molecule has 0 radical (unpaired) electrons. The van der Waals surface area contributed by atoms with Gasteiger partial charge < -0.3 is 9.88 Å². The Labute approximate surface area is 119 Å². The monoisotopic (exact) mass is 300 g/mol. The molecule has 2 aromatic rings. The molecule has 1 N–H and O–H groups in total. The van der Waals surface area contributed by atoms with Gasteiger partial charge in [-0.1, -0.05) is 23.2 Å². The summed E-state index contributed by atoms with van der Waals surface area (Å²) in [5, 5.41) is 14.3. The van der Waals surface area contributed by atoms with E-state index in [1.165, 1.54) is 12.1 Å². The molecule has 2 rings (SSSR count). The van der Waals surface area contributed by atoms with Crippen LogP contribution in [0.15, 0.2) is 30.9 Å². The molecule has 0 unspecified atom stereocenters. The lowest BCUT2D eigenvalue weighted by atomic mass is 10.2. The Balaban J connectivity index is 2.10. The first kappa shape index (κ1) is 13.6. The van der Waals surface area contributed by atoms with Gasteiger partial charge in [0.05, 0.1) is 21.3 Å². The molecule has 19 heavy (non-hydrogen) atoms. The van der Waals surface area contributed by atoms with Crippen LogP contribution in [0.25, 0.3) is 0 Å². The number of imidazole rings is 1. The van der Waals surface area contributed by atoms with Crippen molar-refractivity contribution < 1.29 is 4.92 Å². The summed E-state index contributed by atoms with van der Waals surface area (Å²) in [4.78, 5) is 14.3. The molecule has 1 aromatic carbocycles. The second-order valence-corrected chi connectivity index (χ2v) is 4.58. The number of nitrogens with one attached hydrogen (secondary N) is 1. The number of rotatable bonds is 5. The molecular weight excluding hydrogens is 291 g/mol. The average Bonchev–Trinajstić information content (AvgIpc) is 2.86. The Morgan fingerprint density at radius 2 is 2.11 bits per heavy atom. The molecule has 0 atom stereocenters. The molecule has 0 spiro atoms. The van der Waals surface area contributed by atoms with E-state index in [2.05, 4.69) is 10.3 Å². The number of nitrogens with zero attached hydrogens (tertiary/aromatic N) is 3. The first-order chi connectivity index (χ1) is 9.08. The molecule has 0 aliphatic heterocycles. The van der Waals surface area contributed by atoms with E-state index < -0.39 is 4.92 Å². The van der Waals surface area contributed by atoms with Gasteiger partial charge in [0.2, 0.25) is 0 Å². The number of aromatic nitrogens is 2. The first-order valence-electron chi connectivity index (χ1n) is 5.41. The van der Waals surface area contributed by atoms with Gasteiger partial charge in [-0.3, -0.25) is 10.1 Å². The summed E-state index contributed by atoms with van der Waals surface area (Å²) in [5.74, 6) is 0. The molecule has 8 heteroatoms. The number of hydrogen-bond donors (Lipinski definition) is 1. The lowest BCUT2D eigenvalue weighted by Crippen LogP contribution is -2.10. The number of nitro groups is 1. The van der Waals surface area contributed by atoms with Crippen molar-refractivity contribution in [3.63, 3.8) is 0 Å². The van der Waals surface area contributed by atoms with E-state index >= 15 is 0 Å². The Morgan fingerprint density at radius 3 is 2.74 bits per heavy atom. The third-order valence-corrected chi connectivity index (χ3v) is 3.20. The maximum Gasteiger partial charge on any atom is 0.293 e. The van der Waals surface area contributed by atoms with E-state index in [1.54, 1.807) is 12.5 Å². The van der Waals surface area contributed by atoms with Gasteiger partial charge in [0.1, 0.15) is 5.69 Å². The standard InChI is InChI=1S/C11H10Cl2N4O2/c12-8-5-10(11(17(18)19)6-9(8)13)15-2-4-16-3-1-14-7-16/h1,3,5-7,15H,2,4H2. The van der Waals surface area contributed by atoms with Crippen LogP contribution >= 0.6 is 23.2 Å². The summed E-state index contributed by atoms with van der Waals surface area (Å²) < 4.78 is 1.86. The van der Waals surface area contributed by atoms with Gasteiger partial charge >= 0.3 is 0 Å². The summed E-state index contributed by atoms with van der Waals surface area (Å²) in [7, 11) is 0. The first-order valence-corrected chi connectivity index (χ1v) is 6.16. The molecule has 0 saturated heterocycles. The van der Waals surface area contributed by atoms with E-state index in [-0.39, 0.29) is 15.7 Å². The zero-order chi connectivity index (χ0) is 13.8. The molecule has 6 nitrogen and oxygen atoms in total. The molecule has 100 valence electrons. The molecule has 0 amide bonds. The highest BCUT2D eigenvalue weighted by atomic mass is 35.5. The van der Waals surface area contributed by atoms with E-state index in [4.69, 9.17) is 23.2 Å². The maximum absolute atomic E-state index is 10.9. The predicted octanol–water partition coefficient (Wildman–Crippen LogP) is 3.21. The SMILES string of the molecule is O=[N+]([O-])c1cc(Cl)c(Cl)cc1NCCn1ccnc1. The molecule has 1 aromatic heterocycles. The minimum absolute atomic E-state index is 0.0972. The van der Waals surface area contributed by atoms with Crippen LogP contribution < -0.4 is 5.32 Å². The van der Waals surface area contributed by atoms with Gasteiger partial charge in [-0.2, -0.15) is 0 Å². The number of nitro benzene ring substituents is 1. The van der Waals surface area contributed by atoms with Crippen molar-refractivity contribution in [3.8, 4) is 0 Å². The second kappa shape index (κ2) is 5.90. The van der Waals surface area contributed by atoms with Gasteiger partial charge in [-0.15, -0.1) is 0 Å². The molecule has 0 saturated carbocycles. The third kappa shape index (κ3) is 3.36. The largest absolute Gasteiger partial charge is 0.378 e. The summed E-state index contributed by atoms with van der Waals surface area (Å²) in [6.45, 7) is 1.15. The average molecular weight is 301 g/mol. The van der Waals surface area contributed by atoms with Crippen molar-refractivity contribution in [2.24, 2.45) is 0 Å². The number of benzene rings is 1. The number of halogens is 2. The maximum atomic E-state index is 10.9. The van der Waals surface area contributed by atoms with E-state index in [9.17, 15) is 10.1 Å². The fourth-order valence-electron chi connectivity index (χ4n) is 1.57.